The molecule has 0 radical (unpaired) electrons. The molecule has 0 aliphatic carbocycles. The first-order valence-electron chi connectivity index (χ1n) is 21.4. The molecule has 296 valence electrons. The molecule has 4 aliphatic heterocycles. The van der Waals surface area contributed by atoms with Crippen LogP contribution in [0.1, 0.15) is 62.2 Å². The highest BCUT2D eigenvalue weighted by Gasteiger charge is 2.30. The van der Waals surface area contributed by atoms with Crippen molar-refractivity contribution in [1.82, 2.24) is 29.9 Å². The molecule has 3 saturated heterocycles. The van der Waals surface area contributed by atoms with E-state index in [1.54, 1.807) is 24.3 Å². The Morgan fingerprint density at radius 2 is 1.75 bits per heavy atom. The molecular formula is C45H53N9O3. The maximum absolute atomic E-state index is 13.6. The van der Waals surface area contributed by atoms with Gasteiger partial charge in [0.05, 0.1) is 37.2 Å². The summed E-state index contributed by atoms with van der Waals surface area (Å²) in [6.45, 7) is 7.38. The van der Waals surface area contributed by atoms with Gasteiger partial charge in [-0.2, -0.15) is 0 Å². The first-order chi connectivity index (χ1) is 28.7. The minimum atomic E-state index is -0.695. The normalized spacial score (nSPS) is 23.2. The largest absolute Gasteiger partial charge is 0.507 e. The molecule has 12 heteroatoms. The molecule has 2 aromatic heterocycles. The molecular weight excluding hydrogens is 715 g/mol. The molecule has 3 fully saturated rings. The SMILES string of the molecule is [2H]C1C=CN(c2cccc3c2cc(C)n3C2CCN(CC3CCN(C(=O)c4ccc(C5CN(c6cc(-c7ccccc7O)nnc6N)CCO5)cc4)CC3)CC2)C([2H])N1. The van der Waals surface area contributed by atoms with E-state index in [-0.39, 0.29) is 17.8 Å². The maximum atomic E-state index is 13.6. The van der Waals surface area contributed by atoms with E-state index in [0.717, 1.165) is 80.7 Å². The number of rotatable bonds is 8. The van der Waals surface area contributed by atoms with Gasteiger partial charge in [0.1, 0.15) is 11.9 Å². The first kappa shape index (κ1) is 34.8. The third-order valence-corrected chi connectivity index (χ3v) is 12.2. The van der Waals surface area contributed by atoms with E-state index in [9.17, 15) is 9.90 Å². The number of para-hydroxylation sites is 1. The fourth-order valence-electron chi connectivity index (χ4n) is 9.19. The van der Waals surface area contributed by atoms with Crippen molar-refractivity contribution in [1.29, 1.82) is 0 Å². The number of phenolic OH excluding ortho intramolecular Hbond substituents is 1. The third kappa shape index (κ3) is 7.69. The Labute approximate surface area is 337 Å². The Morgan fingerprint density at radius 3 is 2.54 bits per heavy atom. The summed E-state index contributed by atoms with van der Waals surface area (Å²) >= 11 is 0. The number of hydrogen-bond donors (Lipinski definition) is 3. The number of fused-ring (bicyclic) bond motifs is 1. The van der Waals surface area contributed by atoms with Crippen LogP contribution < -0.4 is 20.9 Å². The van der Waals surface area contributed by atoms with Gasteiger partial charge in [-0.1, -0.05) is 36.4 Å². The number of benzene rings is 3. The Hall–Kier alpha value is -5.43. The highest BCUT2D eigenvalue weighted by molar-refractivity contribution is 5.95. The number of nitrogens with one attached hydrogen (secondary N) is 1. The van der Waals surface area contributed by atoms with E-state index < -0.39 is 13.2 Å². The number of ether oxygens (including phenoxy) is 1. The second-order valence-corrected chi connectivity index (χ2v) is 15.8. The number of piperidine rings is 2. The van der Waals surface area contributed by atoms with Crippen molar-refractivity contribution < 1.29 is 17.4 Å². The van der Waals surface area contributed by atoms with E-state index >= 15 is 0 Å². The van der Waals surface area contributed by atoms with Crippen LogP contribution in [0.25, 0.3) is 22.2 Å². The lowest BCUT2D eigenvalue weighted by Crippen LogP contribution is -2.43. The average molecular weight is 770 g/mol. The van der Waals surface area contributed by atoms with E-state index in [4.69, 9.17) is 13.2 Å². The Morgan fingerprint density at radius 1 is 0.947 bits per heavy atom. The topological polar surface area (TPSA) is 128 Å². The van der Waals surface area contributed by atoms with Crippen LogP contribution >= 0.6 is 0 Å². The number of nitrogen functional groups attached to an aromatic ring is 1. The van der Waals surface area contributed by atoms with Crippen molar-refractivity contribution in [3.8, 4) is 17.0 Å². The van der Waals surface area contributed by atoms with Crippen molar-refractivity contribution in [2.75, 3.05) is 81.1 Å². The fraction of sp³-hybridized carbons (Fsp3) is 0.400. The minimum Gasteiger partial charge on any atom is -0.507 e. The van der Waals surface area contributed by atoms with E-state index in [1.807, 2.05) is 52.4 Å². The van der Waals surface area contributed by atoms with Gasteiger partial charge in [-0.25, -0.2) is 0 Å². The van der Waals surface area contributed by atoms with Crippen LogP contribution in [0.4, 0.5) is 17.2 Å². The number of likely N-dealkylation sites (tertiary alicyclic amines) is 2. The molecule has 0 bridgehead atoms. The number of anilines is 3. The lowest BCUT2D eigenvalue weighted by atomic mass is 9.94. The number of aromatic nitrogens is 3. The molecule has 4 N–H and O–H groups in total. The molecule has 9 rings (SSSR count). The number of carbonyl (C=O) groups excluding carboxylic acids is 1. The van der Waals surface area contributed by atoms with Crippen LogP contribution in [-0.4, -0.2) is 101 Å². The molecule has 5 aromatic rings. The van der Waals surface area contributed by atoms with Crippen molar-refractivity contribution in [2.24, 2.45) is 5.92 Å². The molecule has 1 amide bonds. The highest BCUT2D eigenvalue weighted by Crippen LogP contribution is 2.37. The number of morpholine rings is 1. The van der Waals surface area contributed by atoms with Crippen LogP contribution in [0.2, 0.25) is 0 Å². The zero-order valence-electron chi connectivity index (χ0n) is 34.5. The van der Waals surface area contributed by atoms with Gasteiger partial charge < -0.3 is 39.7 Å². The number of aromatic hydroxyl groups is 1. The van der Waals surface area contributed by atoms with Crippen molar-refractivity contribution >= 4 is 34.0 Å². The van der Waals surface area contributed by atoms with Gasteiger partial charge >= 0.3 is 0 Å². The predicted octanol–water partition coefficient (Wildman–Crippen LogP) is 6.34. The van der Waals surface area contributed by atoms with Crippen LogP contribution in [0.5, 0.6) is 5.75 Å². The number of nitrogens with zero attached hydrogens (tertiary/aromatic N) is 7. The Balaban J connectivity index is 0.764. The molecule has 6 heterocycles. The molecule has 0 saturated carbocycles. The summed E-state index contributed by atoms with van der Waals surface area (Å²) in [5, 5.41) is 22.9. The van der Waals surface area contributed by atoms with E-state index in [2.05, 4.69) is 61.1 Å². The monoisotopic (exact) mass is 769 g/mol. The van der Waals surface area contributed by atoms with Crippen LogP contribution in [-0.2, 0) is 4.74 Å². The van der Waals surface area contributed by atoms with Gasteiger partial charge in [-0.05, 0) is 92.6 Å². The van der Waals surface area contributed by atoms with Gasteiger partial charge in [0.2, 0.25) is 0 Å². The molecule has 0 spiro atoms. The van der Waals surface area contributed by atoms with Gasteiger partial charge in [0.25, 0.3) is 5.91 Å². The molecule has 12 nitrogen and oxygen atoms in total. The summed E-state index contributed by atoms with van der Waals surface area (Å²) in [7, 11) is 0. The molecule has 3 atom stereocenters. The number of aryl methyl sites for hydroxylation is 1. The minimum absolute atomic E-state index is 0.0817. The Kier molecular flexibility index (Phi) is 9.89. The number of amides is 1. The lowest BCUT2D eigenvalue weighted by Gasteiger charge is -2.38. The lowest BCUT2D eigenvalue weighted by molar-refractivity contribution is 0.0398. The van der Waals surface area contributed by atoms with Crippen LogP contribution in [0.15, 0.2) is 91.1 Å². The Bertz CT molecular complexity index is 2320. The summed E-state index contributed by atoms with van der Waals surface area (Å²) in [4.78, 5) is 22.3. The zero-order valence-corrected chi connectivity index (χ0v) is 32.5. The zero-order chi connectivity index (χ0) is 40.6. The van der Waals surface area contributed by atoms with Gasteiger partial charge in [0, 0.05) is 88.2 Å². The number of nitrogens with two attached hydrogens (primary N) is 1. The summed E-state index contributed by atoms with van der Waals surface area (Å²) in [6.07, 6.45) is 7.64. The summed E-state index contributed by atoms with van der Waals surface area (Å²) in [5.74, 6) is 1.12. The van der Waals surface area contributed by atoms with Crippen LogP contribution in [0.3, 0.4) is 0 Å². The average Bonchev–Trinajstić information content (AvgIpc) is 3.60. The van der Waals surface area contributed by atoms with E-state index in [1.165, 1.54) is 11.2 Å². The van der Waals surface area contributed by atoms with Gasteiger partial charge in [-0.15, -0.1) is 10.2 Å². The quantitative estimate of drug-likeness (QED) is 0.165. The maximum Gasteiger partial charge on any atom is 0.253 e. The standard InChI is InChI=1S/C45H53N9O3/c1-31-26-37-39(53-19-5-18-47-30-53)7-4-8-40(37)54(31)35-16-20-50(21-17-35)28-32-14-22-51(23-15-32)45(56)34-12-10-33(11-13-34)43-29-52(24-25-57-43)41-27-38(48-49-44(41)46)36-6-2-3-9-42(36)55/h2-13,19,26-27,32,35,43,47,55H,14-18,20-25,28-30H2,1H3,(H2,46,49)/i18D,30D. The summed E-state index contributed by atoms with van der Waals surface area (Å²) in [5.41, 5.74) is 13.3. The fourth-order valence-corrected chi connectivity index (χ4v) is 9.19. The van der Waals surface area contributed by atoms with Gasteiger partial charge in [0.15, 0.2) is 5.82 Å². The number of phenols is 1. The first-order valence-corrected chi connectivity index (χ1v) is 20.3. The molecule has 3 aromatic carbocycles. The van der Waals surface area contributed by atoms with Gasteiger partial charge in [-0.3, -0.25) is 10.1 Å². The summed E-state index contributed by atoms with van der Waals surface area (Å²) in [6, 6.07) is 25.8. The van der Waals surface area contributed by atoms with Crippen molar-refractivity contribution in [3.63, 3.8) is 0 Å². The molecule has 4 aliphatic rings. The van der Waals surface area contributed by atoms with Crippen LogP contribution in [0, 0.1) is 12.8 Å². The predicted molar refractivity (Wildman–Crippen MR) is 225 cm³/mol. The molecule has 3 unspecified atom stereocenters. The molecule has 57 heavy (non-hydrogen) atoms. The van der Waals surface area contributed by atoms with Crippen molar-refractivity contribution in [3.05, 3.63) is 108 Å². The van der Waals surface area contributed by atoms with Crippen molar-refractivity contribution in [2.45, 2.75) is 44.8 Å². The smallest absolute Gasteiger partial charge is 0.253 e. The highest BCUT2D eigenvalue weighted by atomic mass is 16.5. The number of hydrogen-bond acceptors (Lipinski definition) is 10. The second-order valence-electron chi connectivity index (χ2n) is 15.8. The second kappa shape index (κ2) is 16.2. The summed E-state index contributed by atoms with van der Waals surface area (Å²) < 4.78 is 25.2. The van der Waals surface area contributed by atoms with E-state index in [0.29, 0.717) is 54.3 Å². The number of carbonyl (C=O) groups is 1. The third-order valence-electron chi connectivity index (χ3n) is 12.2.